The molecule has 0 spiro atoms. The van der Waals surface area contributed by atoms with Gasteiger partial charge >= 0.3 is 5.97 Å². The van der Waals surface area contributed by atoms with E-state index in [1.54, 1.807) is 0 Å². The maximum Gasteiger partial charge on any atom is 0.358 e. The smallest absolute Gasteiger partial charge is 0.358 e. The molecule has 1 rings (SSSR count). The summed E-state index contributed by atoms with van der Waals surface area (Å²) in [6.07, 6.45) is 1.50. The minimum absolute atomic E-state index is 0.0880. The zero-order valence-corrected chi connectivity index (χ0v) is 10.8. The van der Waals surface area contributed by atoms with Crippen LogP contribution in [0.4, 0.5) is 0 Å². The van der Waals surface area contributed by atoms with Gasteiger partial charge in [-0.05, 0) is 19.4 Å². The van der Waals surface area contributed by atoms with Crippen LogP contribution in [-0.2, 0) is 13.0 Å². The molecule has 0 aliphatic heterocycles. The Hall–Kier alpha value is -1.47. The zero-order chi connectivity index (χ0) is 13.8. The molecule has 0 saturated heterocycles. The second-order valence-electron chi connectivity index (χ2n) is 4.32. The Morgan fingerprint density at radius 3 is 2.50 bits per heavy atom. The lowest BCUT2D eigenvalue weighted by atomic mass is 9.97. The highest BCUT2D eigenvalue weighted by molar-refractivity contribution is 5.86. The number of carbonyl (C=O) groups is 1. The van der Waals surface area contributed by atoms with Crippen LogP contribution >= 0.6 is 0 Å². The predicted octanol–water partition coefficient (Wildman–Crippen LogP) is 0.0286. The average Bonchev–Trinajstić information content (AvgIpc) is 2.73. The summed E-state index contributed by atoms with van der Waals surface area (Å²) < 4.78 is 1.45. The lowest BCUT2D eigenvalue weighted by Gasteiger charge is -2.25. The van der Waals surface area contributed by atoms with E-state index in [1.807, 2.05) is 13.8 Å². The van der Waals surface area contributed by atoms with E-state index in [-0.39, 0.29) is 12.2 Å². The van der Waals surface area contributed by atoms with Gasteiger partial charge in [0.25, 0.3) is 0 Å². The first-order valence-corrected chi connectivity index (χ1v) is 6.05. The van der Waals surface area contributed by atoms with Crippen molar-refractivity contribution in [1.82, 2.24) is 15.0 Å². The molecule has 18 heavy (non-hydrogen) atoms. The summed E-state index contributed by atoms with van der Waals surface area (Å²) in [5.74, 6) is -1.12. The number of hydrogen-bond donors (Lipinski definition) is 3. The summed E-state index contributed by atoms with van der Waals surface area (Å²) >= 11 is 0. The van der Waals surface area contributed by atoms with Crippen molar-refractivity contribution < 1.29 is 15.0 Å². The Morgan fingerprint density at radius 2 is 2.06 bits per heavy atom. The maximum atomic E-state index is 11.0. The summed E-state index contributed by atoms with van der Waals surface area (Å²) in [6, 6.07) is 0. The molecule has 0 aliphatic carbocycles. The summed E-state index contributed by atoms with van der Waals surface area (Å²) in [5.41, 5.74) is 4.94. The Kier molecular flexibility index (Phi) is 4.80. The molecule has 0 amide bonds. The van der Waals surface area contributed by atoms with Crippen molar-refractivity contribution in [2.24, 2.45) is 5.73 Å². The van der Waals surface area contributed by atoms with Crippen LogP contribution in [0.5, 0.6) is 0 Å². The van der Waals surface area contributed by atoms with Crippen molar-refractivity contribution in [2.75, 3.05) is 6.54 Å². The third kappa shape index (κ3) is 3.05. The third-order valence-electron chi connectivity index (χ3n) is 3.18. The fourth-order valence-corrected chi connectivity index (χ4v) is 1.76. The lowest BCUT2D eigenvalue weighted by Crippen LogP contribution is -2.34. The Morgan fingerprint density at radius 1 is 1.44 bits per heavy atom. The number of rotatable bonds is 7. The van der Waals surface area contributed by atoms with Crippen LogP contribution in [0.15, 0.2) is 0 Å². The fraction of sp³-hybridized carbons (Fsp3) is 0.727. The van der Waals surface area contributed by atoms with Gasteiger partial charge < -0.3 is 15.9 Å². The number of aliphatic hydroxyl groups is 1. The number of carboxylic acid groups (broad SMARTS) is 1. The van der Waals surface area contributed by atoms with Gasteiger partial charge in [0.2, 0.25) is 0 Å². The number of nitrogens with two attached hydrogens (primary N) is 1. The van der Waals surface area contributed by atoms with Gasteiger partial charge in [0, 0.05) is 6.42 Å². The Bertz CT molecular complexity index is 412. The minimum Gasteiger partial charge on any atom is -0.476 e. The second-order valence-corrected chi connectivity index (χ2v) is 4.32. The van der Waals surface area contributed by atoms with E-state index in [0.29, 0.717) is 31.5 Å². The molecule has 4 N–H and O–H groups in total. The van der Waals surface area contributed by atoms with Gasteiger partial charge in [0.15, 0.2) is 5.69 Å². The van der Waals surface area contributed by atoms with E-state index < -0.39 is 11.6 Å². The van der Waals surface area contributed by atoms with E-state index in [2.05, 4.69) is 10.3 Å². The molecule has 0 radical (unpaired) electrons. The van der Waals surface area contributed by atoms with Crippen molar-refractivity contribution in [3.05, 3.63) is 11.4 Å². The monoisotopic (exact) mass is 256 g/mol. The number of nitrogens with zero attached hydrogens (tertiary/aromatic N) is 3. The molecule has 7 heteroatoms. The van der Waals surface area contributed by atoms with Gasteiger partial charge in [-0.15, -0.1) is 5.10 Å². The Balaban J connectivity index is 3.05. The second kappa shape index (κ2) is 5.92. The number of hydrogen-bond acceptors (Lipinski definition) is 5. The lowest BCUT2D eigenvalue weighted by molar-refractivity contribution is 0.0106. The molecule has 1 aromatic heterocycles. The first-order valence-electron chi connectivity index (χ1n) is 6.05. The first kappa shape index (κ1) is 14.6. The van der Waals surface area contributed by atoms with Crippen molar-refractivity contribution >= 4 is 5.97 Å². The molecule has 7 nitrogen and oxygen atoms in total. The van der Waals surface area contributed by atoms with E-state index in [4.69, 9.17) is 10.8 Å². The van der Waals surface area contributed by atoms with Crippen LogP contribution in [0, 0.1) is 0 Å². The first-order chi connectivity index (χ1) is 8.47. The normalized spacial score (nSPS) is 11.8. The molecule has 1 aromatic rings. The minimum atomic E-state index is -1.12. The van der Waals surface area contributed by atoms with Crippen LogP contribution in [0.3, 0.4) is 0 Å². The average molecular weight is 256 g/mol. The number of aromatic nitrogens is 3. The molecular weight excluding hydrogens is 236 g/mol. The summed E-state index contributed by atoms with van der Waals surface area (Å²) in [4.78, 5) is 11.0. The molecule has 0 aromatic carbocycles. The summed E-state index contributed by atoms with van der Waals surface area (Å²) in [6.45, 7) is 4.29. The molecule has 0 bridgehead atoms. The molecule has 0 unspecified atom stereocenters. The Labute approximate surface area is 106 Å². The van der Waals surface area contributed by atoms with Crippen molar-refractivity contribution in [2.45, 2.75) is 45.3 Å². The predicted molar refractivity (Wildman–Crippen MR) is 65.3 cm³/mol. The molecule has 0 fully saturated rings. The van der Waals surface area contributed by atoms with Crippen LogP contribution in [0.25, 0.3) is 0 Å². The topological polar surface area (TPSA) is 114 Å². The standard InChI is InChI=1S/C11H20N4O3/c1-3-11(18,4-2)7-15-8(5-6-12)9(10(16)17)13-14-15/h18H,3-7,12H2,1-2H3,(H,16,17). The van der Waals surface area contributed by atoms with Crippen molar-refractivity contribution in [3.8, 4) is 0 Å². The molecular formula is C11H20N4O3. The van der Waals surface area contributed by atoms with Crippen LogP contribution in [-0.4, -0.2) is 43.3 Å². The highest BCUT2D eigenvalue weighted by Crippen LogP contribution is 2.19. The van der Waals surface area contributed by atoms with Gasteiger partial charge in [-0.25, -0.2) is 9.48 Å². The van der Waals surface area contributed by atoms with Gasteiger partial charge in [0.1, 0.15) is 0 Å². The SMILES string of the molecule is CCC(O)(CC)Cn1nnc(C(=O)O)c1CCN. The van der Waals surface area contributed by atoms with Gasteiger partial charge in [-0.3, -0.25) is 0 Å². The van der Waals surface area contributed by atoms with Crippen molar-refractivity contribution in [3.63, 3.8) is 0 Å². The highest BCUT2D eigenvalue weighted by Gasteiger charge is 2.27. The molecule has 1 heterocycles. The fourth-order valence-electron chi connectivity index (χ4n) is 1.76. The molecule has 0 saturated carbocycles. The third-order valence-corrected chi connectivity index (χ3v) is 3.18. The van der Waals surface area contributed by atoms with Gasteiger partial charge in [-0.1, -0.05) is 19.1 Å². The highest BCUT2D eigenvalue weighted by atomic mass is 16.4. The maximum absolute atomic E-state index is 11.0. The molecule has 0 aliphatic rings. The number of aromatic carboxylic acids is 1. The summed E-state index contributed by atoms with van der Waals surface area (Å²) in [5, 5.41) is 26.7. The van der Waals surface area contributed by atoms with E-state index in [1.165, 1.54) is 4.68 Å². The van der Waals surface area contributed by atoms with Gasteiger partial charge in [-0.2, -0.15) is 0 Å². The van der Waals surface area contributed by atoms with E-state index >= 15 is 0 Å². The zero-order valence-electron chi connectivity index (χ0n) is 10.8. The van der Waals surface area contributed by atoms with E-state index in [9.17, 15) is 9.90 Å². The van der Waals surface area contributed by atoms with Gasteiger partial charge in [0.05, 0.1) is 17.8 Å². The van der Waals surface area contributed by atoms with Crippen LogP contribution in [0.2, 0.25) is 0 Å². The largest absolute Gasteiger partial charge is 0.476 e. The molecule has 0 atom stereocenters. The molecule has 102 valence electrons. The summed E-state index contributed by atoms with van der Waals surface area (Å²) in [7, 11) is 0. The van der Waals surface area contributed by atoms with Crippen LogP contribution in [0.1, 0.15) is 42.9 Å². The number of carboxylic acids is 1. The quantitative estimate of drug-likeness (QED) is 0.634. The van der Waals surface area contributed by atoms with Crippen LogP contribution < -0.4 is 5.73 Å². The van der Waals surface area contributed by atoms with E-state index in [0.717, 1.165) is 0 Å². The van der Waals surface area contributed by atoms with Crippen molar-refractivity contribution in [1.29, 1.82) is 0 Å².